The van der Waals surface area contributed by atoms with E-state index in [9.17, 15) is 4.39 Å². The highest BCUT2D eigenvalue weighted by Crippen LogP contribution is 2.50. The monoisotopic (exact) mass is 241 g/mol. The second-order valence-electron chi connectivity index (χ2n) is 5.26. The van der Waals surface area contributed by atoms with Crippen molar-refractivity contribution in [1.82, 2.24) is 5.32 Å². The van der Waals surface area contributed by atoms with E-state index in [0.29, 0.717) is 17.0 Å². The predicted octanol–water partition coefficient (Wildman–Crippen LogP) is 3.61. The molecule has 0 saturated heterocycles. The molecule has 1 saturated carbocycles. The molecule has 1 aromatic rings. The SMILES string of the molecule is CC1(C)CC1CNCc1ccc(F)cc1Cl. The minimum atomic E-state index is -0.280. The minimum absolute atomic E-state index is 0.280. The zero-order valence-corrected chi connectivity index (χ0v) is 10.4. The molecule has 1 aliphatic carbocycles. The van der Waals surface area contributed by atoms with Gasteiger partial charge in [0.25, 0.3) is 0 Å². The Bertz CT molecular complexity index is 390. The van der Waals surface area contributed by atoms with Gasteiger partial charge in [-0.15, -0.1) is 0 Å². The number of benzene rings is 1. The van der Waals surface area contributed by atoms with Crippen molar-refractivity contribution in [3.05, 3.63) is 34.6 Å². The molecule has 1 N–H and O–H groups in total. The Morgan fingerprint density at radius 1 is 1.50 bits per heavy atom. The van der Waals surface area contributed by atoms with Crippen molar-refractivity contribution in [2.45, 2.75) is 26.8 Å². The predicted molar refractivity (Wildman–Crippen MR) is 65.0 cm³/mol. The molecule has 2 rings (SSSR count). The molecular formula is C13H17ClFN. The second kappa shape index (κ2) is 4.34. The summed E-state index contributed by atoms with van der Waals surface area (Å²) in [6.45, 7) is 6.29. The van der Waals surface area contributed by atoms with Crippen LogP contribution in [0.2, 0.25) is 5.02 Å². The Morgan fingerprint density at radius 2 is 2.19 bits per heavy atom. The van der Waals surface area contributed by atoms with E-state index in [1.807, 2.05) is 0 Å². The van der Waals surface area contributed by atoms with E-state index in [4.69, 9.17) is 11.6 Å². The smallest absolute Gasteiger partial charge is 0.124 e. The van der Waals surface area contributed by atoms with Crippen molar-refractivity contribution in [1.29, 1.82) is 0 Å². The molecule has 0 heterocycles. The molecule has 1 aliphatic rings. The molecule has 0 amide bonds. The van der Waals surface area contributed by atoms with Gasteiger partial charge in [-0.3, -0.25) is 0 Å². The molecule has 3 heteroatoms. The maximum atomic E-state index is 12.8. The molecule has 0 radical (unpaired) electrons. The summed E-state index contributed by atoms with van der Waals surface area (Å²) < 4.78 is 12.8. The quantitative estimate of drug-likeness (QED) is 0.849. The average molecular weight is 242 g/mol. The van der Waals surface area contributed by atoms with Crippen molar-refractivity contribution >= 4 is 11.6 Å². The zero-order valence-electron chi connectivity index (χ0n) is 9.69. The minimum Gasteiger partial charge on any atom is -0.312 e. The molecule has 1 unspecified atom stereocenters. The van der Waals surface area contributed by atoms with Crippen molar-refractivity contribution < 1.29 is 4.39 Å². The topological polar surface area (TPSA) is 12.0 Å². The highest BCUT2D eigenvalue weighted by molar-refractivity contribution is 6.31. The zero-order chi connectivity index (χ0) is 11.8. The number of hydrogen-bond acceptors (Lipinski definition) is 1. The van der Waals surface area contributed by atoms with Crippen LogP contribution in [0.5, 0.6) is 0 Å². The van der Waals surface area contributed by atoms with Gasteiger partial charge in [-0.1, -0.05) is 31.5 Å². The lowest BCUT2D eigenvalue weighted by molar-refractivity contribution is 0.519. The van der Waals surface area contributed by atoms with Gasteiger partial charge < -0.3 is 5.32 Å². The number of halogens is 2. The summed E-state index contributed by atoms with van der Waals surface area (Å²) >= 11 is 5.94. The number of hydrogen-bond donors (Lipinski definition) is 1. The molecule has 88 valence electrons. The Balaban J connectivity index is 1.81. The van der Waals surface area contributed by atoms with Crippen LogP contribution < -0.4 is 5.32 Å². The van der Waals surface area contributed by atoms with Crippen molar-refractivity contribution in [3.63, 3.8) is 0 Å². The van der Waals surface area contributed by atoms with Gasteiger partial charge in [-0.25, -0.2) is 4.39 Å². The van der Waals surface area contributed by atoms with E-state index < -0.39 is 0 Å². The molecule has 1 fully saturated rings. The van der Waals surface area contributed by atoms with Gasteiger partial charge in [0.2, 0.25) is 0 Å². The lowest BCUT2D eigenvalue weighted by atomic mass is 10.1. The number of nitrogens with one attached hydrogen (secondary N) is 1. The molecule has 1 atom stereocenters. The molecule has 0 bridgehead atoms. The lowest BCUT2D eigenvalue weighted by Crippen LogP contribution is -2.18. The number of rotatable bonds is 4. The molecule has 0 aliphatic heterocycles. The van der Waals surface area contributed by atoms with Gasteiger partial charge in [0.1, 0.15) is 5.82 Å². The van der Waals surface area contributed by atoms with E-state index in [0.717, 1.165) is 18.0 Å². The molecular weight excluding hydrogens is 225 g/mol. The summed E-state index contributed by atoms with van der Waals surface area (Å²) in [5.41, 5.74) is 1.46. The van der Waals surface area contributed by atoms with Crippen LogP contribution in [-0.4, -0.2) is 6.54 Å². The fraction of sp³-hybridized carbons (Fsp3) is 0.538. The summed E-state index contributed by atoms with van der Waals surface area (Å²) in [5.74, 6) is 0.490. The molecule has 16 heavy (non-hydrogen) atoms. The van der Waals surface area contributed by atoms with Crippen LogP contribution in [-0.2, 0) is 6.54 Å². The normalized spacial score (nSPS) is 22.1. The maximum Gasteiger partial charge on any atom is 0.124 e. The molecule has 0 aromatic heterocycles. The van der Waals surface area contributed by atoms with Gasteiger partial charge in [0, 0.05) is 11.6 Å². The fourth-order valence-corrected chi connectivity index (χ4v) is 2.20. The van der Waals surface area contributed by atoms with Gasteiger partial charge in [0.15, 0.2) is 0 Å². The van der Waals surface area contributed by atoms with Crippen LogP contribution in [0.1, 0.15) is 25.8 Å². The van der Waals surface area contributed by atoms with Gasteiger partial charge >= 0.3 is 0 Å². The third-order valence-corrected chi connectivity index (χ3v) is 3.79. The summed E-state index contributed by atoms with van der Waals surface area (Å²) in [6, 6.07) is 4.55. The lowest BCUT2D eigenvalue weighted by Gasteiger charge is -2.07. The summed E-state index contributed by atoms with van der Waals surface area (Å²) in [7, 11) is 0. The van der Waals surface area contributed by atoms with Crippen LogP contribution in [0, 0.1) is 17.2 Å². The Kier molecular flexibility index (Phi) is 3.22. The fourth-order valence-electron chi connectivity index (χ4n) is 1.97. The van der Waals surface area contributed by atoms with Crippen LogP contribution in [0.3, 0.4) is 0 Å². The van der Waals surface area contributed by atoms with Crippen molar-refractivity contribution in [2.75, 3.05) is 6.54 Å². The third kappa shape index (κ3) is 2.74. The molecule has 1 aromatic carbocycles. The summed E-state index contributed by atoms with van der Waals surface area (Å²) in [4.78, 5) is 0. The first-order valence-electron chi connectivity index (χ1n) is 5.64. The second-order valence-corrected chi connectivity index (χ2v) is 5.66. The van der Waals surface area contributed by atoms with Crippen LogP contribution in [0.4, 0.5) is 4.39 Å². The third-order valence-electron chi connectivity index (χ3n) is 3.44. The van der Waals surface area contributed by atoms with Crippen molar-refractivity contribution in [2.24, 2.45) is 11.3 Å². The van der Waals surface area contributed by atoms with Gasteiger partial charge in [-0.2, -0.15) is 0 Å². The van der Waals surface area contributed by atoms with E-state index >= 15 is 0 Å². The van der Waals surface area contributed by atoms with E-state index in [-0.39, 0.29) is 5.82 Å². The largest absolute Gasteiger partial charge is 0.312 e. The molecule has 0 spiro atoms. The average Bonchev–Trinajstić information content (AvgIpc) is 2.78. The Hall–Kier alpha value is -0.600. The van der Waals surface area contributed by atoms with Crippen LogP contribution in [0.25, 0.3) is 0 Å². The summed E-state index contributed by atoms with van der Waals surface area (Å²) in [5, 5.41) is 3.88. The van der Waals surface area contributed by atoms with E-state index in [1.165, 1.54) is 18.6 Å². The first-order valence-corrected chi connectivity index (χ1v) is 6.01. The molecule has 1 nitrogen and oxygen atoms in total. The maximum absolute atomic E-state index is 12.8. The van der Waals surface area contributed by atoms with Gasteiger partial charge in [0.05, 0.1) is 0 Å². The highest BCUT2D eigenvalue weighted by Gasteiger charge is 2.44. The van der Waals surface area contributed by atoms with Crippen LogP contribution >= 0.6 is 11.6 Å². The highest BCUT2D eigenvalue weighted by atomic mass is 35.5. The van der Waals surface area contributed by atoms with Crippen molar-refractivity contribution in [3.8, 4) is 0 Å². The Morgan fingerprint density at radius 3 is 2.75 bits per heavy atom. The first kappa shape index (κ1) is 11.9. The van der Waals surface area contributed by atoms with Crippen LogP contribution in [0.15, 0.2) is 18.2 Å². The van der Waals surface area contributed by atoms with Gasteiger partial charge in [-0.05, 0) is 42.0 Å². The van der Waals surface area contributed by atoms with E-state index in [1.54, 1.807) is 6.07 Å². The standard InChI is InChI=1S/C13H17ClFN/c1-13(2)6-10(13)8-16-7-9-3-4-11(15)5-12(9)14/h3-5,10,16H,6-8H2,1-2H3. The van der Waals surface area contributed by atoms with E-state index in [2.05, 4.69) is 19.2 Å². The first-order chi connectivity index (χ1) is 7.49. The summed E-state index contributed by atoms with van der Waals surface area (Å²) in [6.07, 6.45) is 1.29. The Labute approximate surface area is 101 Å².